The molecule has 0 aliphatic heterocycles. The van der Waals surface area contributed by atoms with Gasteiger partial charge in [0.2, 0.25) is 11.6 Å². The molecule has 1 saturated carbocycles. The molecule has 1 aromatic heterocycles. The SMILES string of the molecule is Fc1nc(F)c(F)c(NCCOC2CCCC2)c1F. The van der Waals surface area contributed by atoms with Gasteiger partial charge in [-0.2, -0.15) is 22.5 Å². The van der Waals surface area contributed by atoms with Crippen molar-refractivity contribution >= 4 is 5.69 Å². The molecule has 0 radical (unpaired) electrons. The van der Waals surface area contributed by atoms with Crippen molar-refractivity contribution in [3.05, 3.63) is 23.5 Å². The van der Waals surface area contributed by atoms with Crippen LogP contribution in [0.1, 0.15) is 25.7 Å². The highest BCUT2D eigenvalue weighted by atomic mass is 19.2. The van der Waals surface area contributed by atoms with Gasteiger partial charge in [0.05, 0.1) is 12.7 Å². The van der Waals surface area contributed by atoms with Gasteiger partial charge in [-0.1, -0.05) is 12.8 Å². The Hall–Kier alpha value is -1.37. The molecule has 1 aromatic rings. The van der Waals surface area contributed by atoms with Crippen LogP contribution in [-0.2, 0) is 4.74 Å². The Morgan fingerprint density at radius 2 is 1.63 bits per heavy atom. The van der Waals surface area contributed by atoms with Gasteiger partial charge in [0.1, 0.15) is 5.69 Å². The van der Waals surface area contributed by atoms with Crippen LogP contribution in [0.5, 0.6) is 0 Å². The van der Waals surface area contributed by atoms with Crippen LogP contribution in [0.2, 0.25) is 0 Å². The van der Waals surface area contributed by atoms with Crippen molar-refractivity contribution < 1.29 is 22.3 Å². The molecule has 1 fully saturated rings. The number of anilines is 1. The zero-order valence-corrected chi connectivity index (χ0v) is 10.2. The average molecular weight is 278 g/mol. The summed E-state index contributed by atoms with van der Waals surface area (Å²) in [6, 6.07) is 0. The van der Waals surface area contributed by atoms with E-state index in [9.17, 15) is 17.6 Å². The lowest BCUT2D eigenvalue weighted by atomic mass is 10.3. The molecule has 0 amide bonds. The molecule has 7 heteroatoms. The predicted octanol–water partition coefficient (Wildman–Crippen LogP) is 3.01. The molecular weight excluding hydrogens is 264 g/mol. The highest BCUT2D eigenvalue weighted by molar-refractivity contribution is 5.45. The van der Waals surface area contributed by atoms with E-state index in [1.54, 1.807) is 0 Å². The van der Waals surface area contributed by atoms with E-state index in [4.69, 9.17) is 4.74 Å². The van der Waals surface area contributed by atoms with E-state index >= 15 is 0 Å². The van der Waals surface area contributed by atoms with Crippen molar-refractivity contribution in [1.29, 1.82) is 0 Å². The Morgan fingerprint density at radius 3 is 2.21 bits per heavy atom. The largest absolute Gasteiger partial charge is 0.378 e. The number of rotatable bonds is 5. The lowest BCUT2D eigenvalue weighted by Crippen LogP contribution is -2.17. The van der Waals surface area contributed by atoms with Crippen LogP contribution in [-0.4, -0.2) is 24.2 Å². The third-order valence-electron chi connectivity index (χ3n) is 3.06. The summed E-state index contributed by atoms with van der Waals surface area (Å²) in [5.74, 6) is -6.39. The molecule has 19 heavy (non-hydrogen) atoms. The third kappa shape index (κ3) is 3.34. The predicted molar refractivity (Wildman–Crippen MR) is 60.8 cm³/mol. The Bertz CT molecular complexity index is 424. The smallest absolute Gasteiger partial charge is 0.253 e. The van der Waals surface area contributed by atoms with Crippen LogP contribution in [0.3, 0.4) is 0 Å². The monoisotopic (exact) mass is 278 g/mol. The normalized spacial score (nSPS) is 16.0. The Kier molecular flexibility index (Phi) is 4.57. The molecule has 0 bridgehead atoms. The first-order valence-corrected chi connectivity index (χ1v) is 6.15. The maximum Gasteiger partial charge on any atom is 0.253 e. The van der Waals surface area contributed by atoms with Crippen molar-refractivity contribution in [2.45, 2.75) is 31.8 Å². The summed E-state index contributed by atoms with van der Waals surface area (Å²) < 4.78 is 57.5. The van der Waals surface area contributed by atoms with Crippen molar-refractivity contribution in [3.63, 3.8) is 0 Å². The summed E-state index contributed by atoms with van der Waals surface area (Å²) in [7, 11) is 0. The molecule has 2 rings (SSSR count). The maximum atomic E-state index is 13.2. The van der Waals surface area contributed by atoms with Crippen molar-refractivity contribution in [3.8, 4) is 0 Å². The van der Waals surface area contributed by atoms with Gasteiger partial charge in [-0.05, 0) is 12.8 Å². The number of nitrogens with zero attached hydrogens (tertiary/aromatic N) is 1. The van der Waals surface area contributed by atoms with Crippen LogP contribution < -0.4 is 5.32 Å². The van der Waals surface area contributed by atoms with E-state index < -0.39 is 29.2 Å². The number of nitrogens with one attached hydrogen (secondary N) is 1. The quantitative estimate of drug-likeness (QED) is 0.511. The Labute approximate surface area is 108 Å². The zero-order valence-electron chi connectivity index (χ0n) is 10.2. The van der Waals surface area contributed by atoms with E-state index in [0.717, 1.165) is 25.7 Å². The van der Waals surface area contributed by atoms with Crippen molar-refractivity contribution in [2.24, 2.45) is 0 Å². The summed E-state index contributed by atoms with van der Waals surface area (Å²) >= 11 is 0. The Balaban J connectivity index is 1.88. The molecule has 0 saturated heterocycles. The van der Waals surface area contributed by atoms with E-state index in [1.807, 2.05) is 0 Å². The molecular formula is C12H14F4N2O. The van der Waals surface area contributed by atoms with Gasteiger partial charge < -0.3 is 10.1 Å². The summed E-state index contributed by atoms with van der Waals surface area (Å²) in [4.78, 5) is 2.47. The number of ether oxygens (including phenoxy) is 1. The number of pyridine rings is 1. The summed E-state index contributed by atoms with van der Waals surface area (Å²) in [6.45, 7) is 0.280. The molecule has 0 aromatic carbocycles. The molecule has 0 spiro atoms. The fraction of sp³-hybridized carbons (Fsp3) is 0.583. The molecule has 1 aliphatic rings. The fourth-order valence-corrected chi connectivity index (χ4v) is 2.10. The van der Waals surface area contributed by atoms with Crippen molar-refractivity contribution in [1.82, 2.24) is 4.98 Å². The van der Waals surface area contributed by atoms with Crippen molar-refractivity contribution in [2.75, 3.05) is 18.5 Å². The van der Waals surface area contributed by atoms with Gasteiger partial charge in [-0.25, -0.2) is 0 Å². The molecule has 0 atom stereocenters. The minimum absolute atomic E-state index is 0.0627. The maximum absolute atomic E-state index is 13.2. The minimum Gasteiger partial charge on any atom is -0.378 e. The first-order valence-electron chi connectivity index (χ1n) is 6.15. The third-order valence-corrected chi connectivity index (χ3v) is 3.06. The first kappa shape index (κ1) is 14.0. The molecule has 1 heterocycles. The van der Waals surface area contributed by atoms with Crippen LogP contribution >= 0.6 is 0 Å². The molecule has 0 unspecified atom stereocenters. The Morgan fingerprint density at radius 1 is 1.05 bits per heavy atom. The van der Waals surface area contributed by atoms with Crippen LogP contribution in [0, 0.1) is 23.5 Å². The van der Waals surface area contributed by atoms with Crippen LogP contribution in [0.4, 0.5) is 23.2 Å². The van der Waals surface area contributed by atoms with E-state index in [2.05, 4.69) is 10.3 Å². The number of hydrogen-bond acceptors (Lipinski definition) is 3. The molecule has 1 N–H and O–H groups in total. The van der Waals surface area contributed by atoms with Gasteiger partial charge in [-0.3, -0.25) is 0 Å². The second-order valence-electron chi connectivity index (χ2n) is 4.40. The molecule has 3 nitrogen and oxygen atoms in total. The van der Waals surface area contributed by atoms with E-state index in [-0.39, 0.29) is 19.3 Å². The lowest BCUT2D eigenvalue weighted by Gasteiger charge is -2.13. The van der Waals surface area contributed by atoms with Gasteiger partial charge in [0.25, 0.3) is 11.9 Å². The number of halogens is 4. The summed E-state index contributed by atoms with van der Waals surface area (Å²) in [6.07, 6.45) is 4.34. The van der Waals surface area contributed by atoms with Gasteiger partial charge in [0, 0.05) is 6.54 Å². The number of hydrogen-bond donors (Lipinski definition) is 1. The summed E-state index contributed by atoms with van der Waals surface area (Å²) in [5.41, 5.74) is -0.847. The second kappa shape index (κ2) is 6.18. The fourth-order valence-electron chi connectivity index (χ4n) is 2.10. The van der Waals surface area contributed by atoms with Crippen LogP contribution in [0.25, 0.3) is 0 Å². The summed E-state index contributed by atoms with van der Waals surface area (Å²) in [5, 5.41) is 2.29. The topological polar surface area (TPSA) is 34.2 Å². The standard InChI is InChI=1S/C12H14F4N2O/c13-8-10(9(14)12(16)18-11(8)15)17-5-6-19-7-3-1-2-4-7/h7H,1-6H2,(H,17,18). The number of aromatic nitrogens is 1. The first-order chi connectivity index (χ1) is 9.09. The second-order valence-corrected chi connectivity index (χ2v) is 4.40. The molecule has 1 aliphatic carbocycles. The van der Waals surface area contributed by atoms with E-state index in [1.165, 1.54) is 0 Å². The zero-order chi connectivity index (χ0) is 13.8. The average Bonchev–Trinajstić information content (AvgIpc) is 2.89. The highest BCUT2D eigenvalue weighted by Crippen LogP contribution is 2.22. The molecule has 106 valence electrons. The minimum atomic E-state index is -1.67. The van der Waals surface area contributed by atoms with Crippen LogP contribution in [0.15, 0.2) is 0 Å². The highest BCUT2D eigenvalue weighted by Gasteiger charge is 2.20. The van der Waals surface area contributed by atoms with Gasteiger partial charge >= 0.3 is 0 Å². The lowest BCUT2D eigenvalue weighted by molar-refractivity contribution is 0.0658. The van der Waals surface area contributed by atoms with E-state index in [0.29, 0.717) is 0 Å². The van der Waals surface area contributed by atoms with Gasteiger partial charge in [-0.15, -0.1) is 0 Å². The van der Waals surface area contributed by atoms with Gasteiger partial charge in [0.15, 0.2) is 0 Å².